The van der Waals surface area contributed by atoms with Gasteiger partial charge in [0.05, 0.1) is 5.33 Å². The Labute approximate surface area is 167 Å². The molecule has 0 spiro atoms. The zero-order valence-corrected chi connectivity index (χ0v) is 17.4. The van der Waals surface area contributed by atoms with Crippen molar-refractivity contribution in [3.63, 3.8) is 0 Å². The second kappa shape index (κ2) is 7.55. The lowest BCUT2D eigenvalue weighted by Crippen LogP contribution is -2.32. The van der Waals surface area contributed by atoms with Crippen LogP contribution in [-0.2, 0) is 27.8 Å². The molecule has 1 heterocycles. The average Bonchev–Trinajstić information content (AvgIpc) is 2.88. The maximum Gasteiger partial charge on any atom is 0.223 e. The van der Waals surface area contributed by atoms with Crippen molar-refractivity contribution in [2.75, 3.05) is 16.8 Å². The van der Waals surface area contributed by atoms with E-state index in [0.29, 0.717) is 24.7 Å². The quantitative estimate of drug-likeness (QED) is 0.650. The molecule has 2 aromatic rings. The molecule has 1 amide bonds. The molecule has 0 saturated carbocycles. The smallest absolute Gasteiger partial charge is 0.223 e. The fourth-order valence-corrected chi connectivity index (χ4v) is 3.90. The highest BCUT2D eigenvalue weighted by Gasteiger charge is 2.37. The van der Waals surface area contributed by atoms with Crippen molar-refractivity contribution in [3.8, 4) is 0 Å². The standard InChI is InChI=1S/C22H23BrFNO2/c1-14(26)25-13-22(2,3)20-10-17(9-19(27)12-23)16(11-21(20)25)8-15-4-6-18(24)7-5-15/h4-7,10-11H,8-9,12-13H2,1-3H3. The number of halogens is 2. The number of rotatable bonds is 5. The summed E-state index contributed by atoms with van der Waals surface area (Å²) in [6.07, 6.45) is 0.926. The van der Waals surface area contributed by atoms with Crippen molar-refractivity contribution >= 4 is 33.3 Å². The number of alkyl halides is 1. The fraction of sp³-hybridized carbons (Fsp3) is 0.364. The highest BCUT2D eigenvalue weighted by molar-refractivity contribution is 9.09. The van der Waals surface area contributed by atoms with Crippen LogP contribution in [0.2, 0.25) is 0 Å². The summed E-state index contributed by atoms with van der Waals surface area (Å²) >= 11 is 3.24. The van der Waals surface area contributed by atoms with Crippen molar-refractivity contribution in [1.82, 2.24) is 0 Å². The van der Waals surface area contributed by atoms with E-state index in [4.69, 9.17) is 0 Å². The Hall–Kier alpha value is -2.01. The van der Waals surface area contributed by atoms with Crippen LogP contribution in [0.15, 0.2) is 36.4 Å². The Bertz CT molecular complexity index is 890. The van der Waals surface area contributed by atoms with E-state index in [0.717, 1.165) is 27.9 Å². The zero-order valence-electron chi connectivity index (χ0n) is 15.8. The maximum atomic E-state index is 13.2. The summed E-state index contributed by atoms with van der Waals surface area (Å²) in [4.78, 5) is 26.0. The first kappa shape index (κ1) is 19.7. The van der Waals surface area contributed by atoms with E-state index >= 15 is 0 Å². The average molecular weight is 432 g/mol. The molecule has 1 aliphatic rings. The largest absolute Gasteiger partial charge is 0.311 e. The Morgan fingerprint density at radius 2 is 1.81 bits per heavy atom. The molecule has 0 saturated heterocycles. The molecular weight excluding hydrogens is 409 g/mol. The molecular formula is C22H23BrFNO2. The molecule has 27 heavy (non-hydrogen) atoms. The van der Waals surface area contributed by atoms with Crippen LogP contribution in [0.3, 0.4) is 0 Å². The zero-order chi connectivity index (χ0) is 19.8. The first-order valence-corrected chi connectivity index (χ1v) is 10.1. The molecule has 0 unspecified atom stereocenters. The Kier molecular flexibility index (Phi) is 5.52. The van der Waals surface area contributed by atoms with Crippen LogP contribution >= 0.6 is 15.9 Å². The van der Waals surface area contributed by atoms with Gasteiger partial charge >= 0.3 is 0 Å². The number of amides is 1. The molecule has 0 N–H and O–H groups in total. The molecule has 1 aliphatic heterocycles. The van der Waals surface area contributed by atoms with E-state index in [1.807, 2.05) is 6.07 Å². The number of nitrogens with zero attached hydrogens (tertiary/aromatic N) is 1. The molecule has 0 bridgehead atoms. The molecule has 0 atom stereocenters. The van der Waals surface area contributed by atoms with E-state index in [9.17, 15) is 14.0 Å². The van der Waals surface area contributed by atoms with Crippen LogP contribution in [0.25, 0.3) is 0 Å². The lowest BCUT2D eigenvalue weighted by Gasteiger charge is -2.19. The maximum absolute atomic E-state index is 13.2. The number of hydrogen-bond acceptors (Lipinski definition) is 2. The van der Waals surface area contributed by atoms with Crippen molar-refractivity contribution in [1.29, 1.82) is 0 Å². The number of carbonyl (C=O) groups is 2. The highest BCUT2D eigenvalue weighted by Crippen LogP contribution is 2.42. The van der Waals surface area contributed by atoms with Gasteiger partial charge < -0.3 is 4.90 Å². The van der Waals surface area contributed by atoms with E-state index in [1.165, 1.54) is 12.1 Å². The van der Waals surface area contributed by atoms with Gasteiger partial charge in [0.2, 0.25) is 5.91 Å². The fourth-order valence-electron chi connectivity index (χ4n) is 3.70. The van der Waals surface area contributed by atoms with Gasteiger partial charge in [-0.3, -0.25) is 9.59 Å². The molecule has 142 valence electrons. The molecule has 0 aliphatic carbocycles. The summed E-state index contributed by atoms with van der Waals surface area (Å²) in [7, 11) is 0. The van der Waals surface area contributed by atoms with Gasteiger partial charge in [-0.1, -0.05) is 48.0 Å². The third-order valence-corrected chi connectivity index (χ3v) is 5.74. The molecule has 2 aromatic carbocycles. The van der Waals surface area contributed by atoms with Gasteiger partial charge in [-0.05, 0) is 46.9 Å². The van der Waals surface area contributed by atoms with Gasteiger partial charge in [0, 0.05) is 31.0 Å². The van der Waals surface area contributed by atoms with Gasteiger partial charge in [-0.15, -0.1) is 0 Å². The molecule has 0 radical (unpaired) electrons. The molecule has 3 rings (SSSR count). The first-order chi connectivity index (χ1) is 12.7. The van der Waals surface area contributed by atoms with Crippen LogP contribution < -0.4 is 4.90 Å². The van der Waals surface area contributed by atoms with Crippen LogP contribution in [-0.4, -0.2) is 23.6 Å². The van der Waals surface area contributed by atoms with Gasteiger partial charge in [0.15, 0.2) is 0 Å². The Morgan fingerprint density at radius 1 is 1.15 bits per heavy atom. The van der Waals surface area contributed by atoms with Gasteiger partial charge in [-0.25, -0.2) is 4.39 Å². The van der Waals surface area contributed by atoms with Crippen molar-refractivity contribution in [3.05, 3.63) is 64.5 Å². The SMILES string of the molecule is CC(=O)N1CC(C)(C)c2cc(CC(=O)CBr)c(Cc3ccc(F)cc3)cc21. The minimum absolute atomic E-state index is 0.0128. The summed E-state index contributed by atoms with van der Waals surface area (Å²) in [6.45, 7) is 6.44. The molecule has 0 fully saturated rings. The van der Waals surface area contributed by atoms with Gasteiger partial charge in [-0.2, -0.15) is 0 Å². The summed E-state index contributed by atoms with van der Waals surface area (Å²) in [5.41, 5.74) is 4.79. The predicted molar refractivity (Wildman–Crippen MR) is 109 cm³/mol. The Balaban J connectivity index is 2.09. The summed E-state index contributed by atoms with van der Waals surface area (Å²) < 4.78 is 13.2. The van der Waals surface area contributed by atoms with Crippen LogP contribution in [0.4, 0.5) is 10.1 Å². The summed E-state index contributed by atoms with van der Waals surface area (Å²) in [6, 6.07) is 10.5. The second-order valence-corrected chi connectivity index (χ2v) is 8.34. The molecule has 5 heteroatoms. The lowest BCUT2D eigenvalue weighted by molar-refractivity contribution is -0.117. The lowest BCUT2D eigenvalue weighted by atomic mass is 9.83. The van der Waals surface area contributed by atoms with Crippen molar-refractivity contribution in [2.45, 2.75) is 39.0 Å². The third kappa shape index (κ3) is 4.13. The van der Waals surface area contributed by atoms with Crippen molar-refractivity contribution in [2.24, 2.45) is 0 Å². The van der Waals surface area contributed by atoms with Crippen LogP contribution in [0.1, 0.15) is 43.0 Å². The van der Waals surface area contributed by atoms with E-state index < -0.39 is 0 Å². The minimum Gasteiger partial charge on any atom is -0.311 e. The number of benzene rings is 2. The number of anilines is 1. The van der Waals surface area contributed by atoms with Gasteiger partial charge in [0.25, 0.3) is 0 Å². The van der Waals surface area contributed by atoms with E-state index in [-0.39, 0.29) is 22.9 Å². The predicted octanol–water partition coefficient (Wildman–Crippen LogP) is 4.57. The number of ketones is 1. The number of carbonyl (C=O) groups excluding carboxylic acids is 2. The molecule has 3 nitrogen and oxygen atoms in total. The van der Waals surface area contributed by atoms with E-state index in [2.05, 4.69) is 35.8 Å². The first-order valence-electron chi connectivity index (χ1n) is 8.98. The topological polar surface area (TPSA) is 37.4 Å². The number of fused-ring (bicyclic) bond motifs is 1. The third-order valence-electron chi connectivity index (χ3n) is 5.12. The monoisotopic (exact) mass is 431 g/mol. The van der Waals surface area contributed by atoms with Crippen molar-refractivity contribution < 1.29 is 14.0 Å². The Morgan fingerprint density at radius 3 is 2.41 bits per heavy atom. The summed E-state index contributed by atoms with van der Waals surface area (Å²) in [5.74, 6) is -0.153. The van der Waals surface area contributed by atoms with Crippen LogP contribution in [0.5, 0.6) is 0 Å². The molecule has 0 aromatic heterocycles. The number of hydrogen-bond donors (Lipinski definition) is 0. The van der Waals surface area contributed by atoms with E-state index in [1.54, 1.807) is 24.0 Å². The second-order valence-electron chi connectivity index (χ2n) is 7.78. The minimum atomic E-state index is -0.271. The number of Topliss-reactive ketones (excluding diaryl/α,β-unsaturated/α-hetero) is 1. The summed E-state index contributed by atoms with van der Waals surface area (Å²) in [5, 5.41) is 0.309. The highest BCUT2D eigenvalue weighted by atomic mass is 79.9. The van der Waals surface area contributed by atoms with Gasteiger partial charge in [0.1, 0.15) is 11.6 Å². The van der Waals surface area contributed by atoms with Crippen LogP contribution in [0, 0.1) is 5.82 Å². The normalized spacial score (nSPS) is 14.9.